The Morgan fingerprint density at radius 3 is 2.33 bits per heavy atom. The van der Waals surface area contributed by atoms with Gasteiger partial charge < -0.3 is 5.32 Å². The second kappa shape index (κ2) is 2.87. The van der Waals surface area contributed by atoms with Crippen LogP contribution in [0.15, 0.2) is 24.3 Å². The molecule has 1 aliphatic heterocycles. The first-order valence-corrected chi connectivity index (χ1v) is 5.16. The minimum Gasteiger partial charge on any atom is -0.321 e. The number of amides is 1. The minimum atomic E-state index is -0.103. The van der Waals surface area contributed by atoms with Crippen LogP contribution in [0, 0.1) is 0 Å². The first kappa shape index (κ1) is 9.01. The second-order valence-electron chi connectivity index (χ2n) is 3.39. The van der Waals surface area contributed by atoms with Crippen LogP contribution in [-0.2, 0) is 0 Å². The van der Waals surface area contributed by atoms with Crippen molar-refractivity contribution in [1.82, 2.24) is 0 Å². The molecule has 1 aliphatic rings. The zero-order chi connectivity index (χ0) is 10.6. The lowest BCUT2D eigenvalue weighted by molar-refractivity contribution is 0.103. The molecule has 2 aromatic carbocycles. The summed E-state index contributed by atoms with van der Waals surface area (Å²) in [5, 5.41) is 5.46. The molecule has 74 valence electrons. The molecule has 4 heteroatoms. The van der Waals surface area contributed by atoms with Crippen molar-refractivity contribution < 1.29 is 4.79 Å². The Balaban J connectivity index is 2.61. The fraction of sp³-hybridized carbons (Fsp3) is 0. The number of anilines is 1. The molecule has 0 bridgehead atoms. The number of halogens is 2. The zero-order valence-corrected chi connectivity index (χ0v) is 8.99. The molecule has 0 saturated heterocycles. The van der Waals surface area contributed by atoms with Crippen molar-refractivity contribution in [2.75, 3.05) is 5.32 Å². The number of rotatable bonds is 0. The summed E-state index contributed by atoms with van der Waals surface area (Å²) < 4.78 is 0. The number of benzene rings is 2. The van der Waals surface area contributed by atoms with Crippen LogP contribution in [0.4, 0.5) is 5.69 Å². The molecule has 2 aromatic rings. The highest BCUT2D eigenvalue weighted by atomic mass is 35.5. The molecule has 2 nitrogen and oxygen atoms in total. The molecule has 15 heavy (non-hydrogen) atoms. The van der Waals surface area contributed by atoms with E-state index in [1.165, 1.54) is 0 Å². The monoisotopic (exact) mass is 237 g/mol. The summed E-state index contributed by atoms with van der Waals surface area (Å²) in [6, 6.07) is 6.93. The molecule has 0 aliphatic carbocycles. The standard InChI is InChI=1S/C11H5Cl2NO/c12-6-2-1-5-9-8(14-11(5)15)4-3-7(13)10(6)9/h1-4H,(H,14,15). The van der Waals surface area contributed by atoms with Gasteiger partial charge in [0.1, 0.15) is 0 Å². The molecule has 0 unspecified atom stereocenters. The topological polar surface area (TPSA) is 29.1 Å². The van der Waals surface area contributed by atoms with Crippen LogP contribution in [0.2, 0.25) is 10.0 Å². The maximum absolute atomic E-state index is 11.6. The fourth-order valence-corrected chi connectivity index (χ4v) is 2.46. The van der Waals surface area contributed by atoms with Crippen molar-refractivity contribution in [1.29, 1.82) is 0 Å². The second-order valence-corrected chi connectivity index (χ2v) is 4.21. The van der Waals surface area contributed by atoms with Gasteiger partial charge in [-0.2, -0.15) is 0 Å². The third-order valence-electron chi connectivity index (χ3n) is 2.55. The van der Waals surface area contributed by atoms with Crippen molar-refractivity contribution in [2.45, 2.75) is 0 Å². The normalized spacial score (nSPS) is 13.3. The van der Waals surface area contributed by atoms with Gasteiger partial charge in [0.15, 0.2) is 0 Å². The average molecular weight is 238 g/mol. The van der Waals surface area contributed by atoms with Crippen molar-refractivity contribution in [2.24, 2.45) is 0 Å². The van der Waals surface area contributed by atoms with E-state index in [1.807, 2.05) is 0 Å². The molecule has 1 heterocycles. The van der Waals surface area contributed by atoms with Gasteiger partial charge in [0.2, 0.25) is 0 Å². The third-order valence-corrected chi connectivity index (χ3v) is 3.18. The maximum atomic E-state index is 11.6. The lowest BCUT2D eigenvalue weighted by atomic mass is 10.1. The molecular weight excluding hydrogens is 233 g/mol. The van der Waals surface area contributed by atoms with E-state index in [0.717, 1.165) is 16.5 Å². The largest absolute Gasteiger partial charge is 0.321 e. The average Bonchev–Trinajstić information content (AvgIpc) is 2.52. The van der Waals surface area contributed by atoms with Crippen LogP contribution in [0.3, 0.4) is 0 Å². The summed E-state index contributed by atoms with van der Waals surface area (Å²) in [5.41, 5.74) is 1.41. The van der Waals surface area contributed by atoms with Crippen molar-refractivity contribution in [3.05, 3.63) is 39.9 Å². The Hall–Kier alpha value is -1.25. The van der Waals surface area contributed by atoms with Crippen LogP contribution >= 0.6 is 23.2 Å². The van der Waals surface area contributed by atoms with Gasteiger partial charge in [0, 0.05) is 22.0 Å². The van der Waals surface area contributed by atoms with E-state index in [1.54, 1.807) is 24.3 Å². The highest BCUT2D eigenvalue weighted by Crippen LogP contribution is 2.40. The molecule has 0 radical (unpaired) electrons. The third kappa shape index (κ3) is 1.09. The van der Waals surface area contributed by atoms with Gasteiger partial charge >= 0.3 is 0 Å². The first-order valence-electron chi connectivity index (χ1n) is 4.40. The Kier molecular flexibility index (Phi) is 1.73. The smallest absolute Gasteiger partial charge is 0.256 e. The zero-order valence-electron chi connectivity index (χ0n) is 7.47. The van der Waals surface area contributed by atoms with E-state index in [2.05, 4.69) is 5.32 Å². The molecule has 0 saturated carbocycles. The molecule has 1 N–H and O–H groups in total. The van der Waals surface area contributed by atoms with Crippen LogP contribution in [0.1, 0.15) is 10.4 Å². The number of carbonyl (C=O) groups is 1. The lowest BCUT2D eigenvalue weighted by Gasteiger charge is -2.03. The summed E-state index contributed by atoms with van der Waals surface area (Å²) in [7, 11) is 0. The number of nitrogens with one attached hydrogen (secondary N) is 1. The summed E-state index contributed by atoms with van der Waals surface area (Å²) >= 11 is 12.1. The quantitative estimate of drug-likeness (QED) is 0.744. The van der Waals surface area contributed by atoms with Gasteiger partial charge in [0.25, 0.3) is 5.91 Å². The van der Waals surface area contributed by atoms with Gasteiger partial charge in [0.05, 0.1) is 10.0 Å². The summed E-state index contributed by atoms with van der Waals surface area (Å²) in [4.78, 5) is 11.6. The molecule has 0 fully saturated rings. The van der Waals surface area contributed by atoms with Crippen molar-refractivity contribution in [3.63, 3.8) is 0 Å². The van der Waals surface area contributed by atoms with Gasteiger partial charge in [-0.05, 0) is 24.3 Å². The van der Waals surface area contributed by atoms with Crippen molar-refractivity contribution in [3.8, 4) is 0 Å². The van der Waals surface area contributed by atoms with Gasteiger partial charge in [-0.1, -0.05) is 23.2 Å². The van der Waals surface area contributed by atoms with E-state index in [-0.39, 0.29) is 5.91 Å². The Bertz CT molecular complexity index is 599. The molecule has 1 amide bonds. The molecule has 0 atom stereocenters. The number of hydrogen-bond donors (Lipinski definition) is 1. The number of hydrogen-bond acceptors (Lipinski definition) is 1. The lowest BCUT2D eigenvalue weighted by Crippen LogP contribution is -2.03. The minimum absolute atomic E-state index is 0.103. The summed E-state index contributed by atoms with van der Waals surface area (Å²) in [6.45, 7) is 0. The number of carbonyl (C=O) groups excluding carboxylic acids is 1. The van der Waals surface area contributed by atoms with Gasteiger partial charge in [-0.15, -0.1) is 0 Å². The van der Waals surface area contributed by atoms with Crippen molar-refractivity contribution >= 4 is 45.6 Å². The maximum Gasteiger partial charge on any atom is 0.256 e. The molecule has 3 rings (SSSR count). The van der Waals surface area contributed by atoms with E-state index < -0.39 is 0 Å². The highest BCUT2D eigenvalue weighted by Gasteiger charge is 2.23. The molecule has 0 aromatic heterocycles. The Morgan fingerprint density at radius 1 is 0.933 bits per heavy atom. The predicted molar refractivity (Wildman–Crippen MR) is 61.9 cm³/mol. The van der Waals surface area contributed by atoms with Crippen LogP contribution < -0.4 is 5.32 Å². The SMILES string of the molecule is O=C1Nc2ccc(Cl)c3c(Cl)ccc1c23. The van der Waals surface area contributed by atoms with Gasteiger partial charge in [-0.25, -0.2) is 0 Å². The van der Waals surface area contributed by atoms with Crippen LogP contribution in [-0.4, -0.2) is 5.91 Å². The molecular formula is C11H5Cl2NO. The summed E-state index contributed by atoms with van der Waals surface area (Å²) in [5.74, 6) is -0.103. The summed E-state index contributed by atoms with van der Waals surface area (Å²) in [6.07, 6.45) is 0. The van der Waals surface area contributed by atoms with E-state index >= 15 is 0 Å². The Labute approximate surface area is 95.8 Å². The first-order chi connectivity index (χ1) is 7.18. The van der Waals surface area contributed by atoms with Crippen LogP contribution in [0.25, 0.3) is 10.8 Å². The fourth-order valence-electron chi connectivity index (χ4n) is 1.90. The van der Waals surface area contributed by atoms with Crippen LogP contribution in [0.5, 0.6) is 0 Å². The molecule has 0 spiro atoms. The van der Waals surface area contributed by atoms with E-state index in [4.69, 9.17) is 23.2 Å². The van der Waals surface area contributed by atoms with E-state index in [9.17, 15) is 4.79 Å². The Morgan fingerprint density at radius 2 is 1.60 bits per heavy atom. The predicted octanol–water partition coefficient (Wildman–Crippen LogP) is 3.71. The van der Waals surface area contributed by atoms with E-state index in [0.29, 0.717) is 15.6 Å². The van der Waals surface area contributed by atoms with Gasteiger partial charge in [-0.3, -0.25) is 4.79 Å². The highest BCUT2D eigenvalue weighted by molar-refractivity contribution is 6.44.